The van der Waals surface area contributed by atoms with E-state index in [1.807, 2.05) is 26.0 Å². The van der Waals surface area contributed by atoms with Crippen molar-refractivity contribution in [2.75, 3.05) is 13.2 Å². The lowest BCUT2D eigenvalue weighted by molar-refractivity contribution is 0.0520. The van der Waals surface area contributed by atoms with Crippen LogP contribution in [0.25, 0.3) is 11.3 Å². The molecule has 0 atom stereocenters. The van der Waals surface area contributed by atoms with E-state index in [2.05, 4.69) is 17.1 Å². The molecule has 4 heteroatoms. The molecule has 0 saturated carbocycles. The van der Waals surface area contributed by atoms with Crippen molar-refractivity contribution in [2.45, 2.75) is 27.2 Å². The first kappa shape index (κ1) is 14.6. The van der Waals surface area contributed by atoms with E-state index in [0.717, 1.165) is 23.2 Å². The maximum Gasteiger partial charge on any atom is 0.343 e. The van der Waals surface area contributed by atoms with Crippen molar-refractivity contribution in [3.8, 4) is 17.0 Å². The van der Waals surface area contributed by atoms with Crippen molar-refractivity contribution >= 4 is 5.97 Å². The van der Waals surface area contributed by atoms with E-state index in [1.54, 1.807) is 6.92 Å². The number of carbonyl (C=O) groups excluding carboxylic acids is 1. The summed E-state index contributed by atoms with van der Waals surface area (Å²) in [7, 11) is 0. The molecule has 1 aliphatic rings. The lowest BCUT2D eigenvalue weighted by atomic mass is 10.1. The van der Waals surface area contributed by atoms with Gasteiger partial charge in [-0.1, -0.05) is 24.3 Å². The van der Waals surface area contributed by atoms with Gasteiger partial charge in [0.15, 0.2) is 0 Å². The number of rotatable bonds is 4. The van der Waals surface area contributed by atoms with Crippen molar-refractivity contribution in [3.63, 3.8) is 0 Å². The minimum atomic E-state index is -0.366. The fourth-order valence-corrected chi connectivity index (χ4v) is 2.94. The second-order valence-corrected chi connectivity index (χ2v) is 5.22. The summed E-state index contributed by atoms with van der Waals surface area (Å²) in [6.45, 7) is 6.37. The van der Waals surface area contributed by atoms with Crippen LogP contribution in [0.1, 0.15) is 41.0 Å². The Balaban J connectivity index is 2.20. The van der Waals surface area contributed by atoms with Gasteiger partial charge in [0.05, 0.1) is 24.6 Å². The smallest absolute Gasteiger partial charge is 0.343 e. The first-order valence-corrected chi connectivity index (χ1v) is 7.59. The number of hydrogen-bond donors (Lipinski definition) is 0. The Hall–Kier alpha value is -2.36. The first-order valence-electron chi connectivity index (χ1n) is 7.59. The number of nitrogens with zero attached hydrogens (tertiary/aromatic N) is 1. The van der Waals surface area contributed by atoms with Crippen molar-refractivity contribution in [1.82, 2.24) is 4.98 Å². The van der Waals surface area contributed by atoms with E-state index in [1.165, 1.54) is 5.56 Å². The van der Waals surface area contributed by atoms with Crippen LogP contribution < -0.4 is 4.74 Å². The summed E-state index contributed by atoms with van der Waals surface area (Å²) in [6, 6.07) is 8.17. The van der Waals surface area contributed by atoms with Crippen molar-refractivity contribution in [2.24, 2.45) is 0 Å². The Morgan fingerprint density at radius 2 is 2.00 bits per heavy atom. The van der Waals surface area contributed by atoms with Crippen LogP contribution in [-0.2, 0) is 11.2 Å². The minimum absolute atomic E-state index is 0.334. The number of hydrogen-bond acceptors (Lipinski definition) is 4. The second kappa shape index (κ2) is 5.79. The molecule has 0 aliphatic heterocycles. The van der Waals surface area contributed by atoms with Crippen LogP contribution >= 0.6 is 0 Å². The summed E-state index contributed by atoms with van der Waals surface area (Å²) >= 11 is 0. The van der Waals surface area contributed by atoms with Gasteiger partial charge in [0, 0.05) is 17.5 Å². The van der Waals surface area contributed by atoms with Gasteiger partial charge in [-0.3, -0.25) is 4.98 Å². The van der Waals surface area contributed by atoms with E-state index in [0.29, 0.717) is 30.2 Å². The third kappa shape index (κ3) is 2.25. The quantitative estimate of drug-likeness (QED) is 0.691. The molecular formula is C18H19NO3. The summed E-state index contributed by atoms with van der Waals surface area (Å²) in [6.07, 6.45) is 0.737. The van der Waals surface area contributed by atoms with E-state index in [-0.39, 0.29) is 5.97 Å². The number of ether oxygens (including phenoxy) is 2. The SMILES string of the molecule is CCOC(=O)c1c(C)nc2c(c1OCC)Cc1ccccc1-2. The molecule has 0 amide bonds. The lowest BCUT2D eigenvalue weighted by Crippen LogP contribution is -2.13. The predicted molar refractivity (Wildman–Crippen MR) is 84.3 cm³/mol. The third-order valence-corrected chi connectivity index (χ3v) is 3.84. The van der Waals surface area contributed by atoms with Gasteiger partial charge in [-0.25, -0.2) is 4.79 Å². The van der Waals surface area contributed by atoms with Crippen LogP contribution in [0.3, 0.4) is 0 Å². The minimum Gasteiger partial charge on any atom is -0.493 e. The van der Waals surface area contributed by atoms with Gasteiger partial charge in [-0.05, 0) is 26.3 Å². The number of benzene rings is 1. The summed E-state index contributed by atoms with van der Waals surface area (Å²) < 4.78 is 11.0. The largest absolute Gasteiger partial charge is 0.493 e. The van der Waals surface area contributed by atoms with Crippen LogP contribution in [-0.4, -0.2) is 24.2 Å². The Bertz CT molecular complexity index is 737. The highest BCUT2D eigenvalue weighted by Crippen LogP contribution is 2.42. The molecule has 0 fully saturated rings. The number of carbonyl (C=O) groups is 1. The van der Waals surface area contributed by atoms with Gasteiger partial charge in [0.1, 0.15) is 11.3 Å². The molecule has 22 heavy (non-hydrogen) atoms. The van der Waals surface area contributed by atoms with E-state index >= 15 is 0 Å². The van der Waals surface area contributed by atoms with Gasteiger partial charge in [0.2, 0.25) is 0 Å². The molecule has 0 N–H and O–H groups in total. The topological polar surface area (TPSA) is 48.4 Å². The molecule has 3 rings (SSSR count). The summed E-state index contributed by atoms with van der Waals surface area (Å²) in [4.78, 5) is 17.0. The number of fused-ring (bicyclic) bond motifs is 3. The molecular weight excluding hydrogens is 278 g/mol. The highest BCUT2D eigenvalue weighted by Gasteiger charge is 2.29. The van der Waals surface area contributed by atoms with Crippen LogP contribution in [0.2, 0.25) is 0 Å². The zero-order valence-electron chi connectivity index (χ0n) is 13.1. The molecule has 1 aliphatic carbocycles. The van der Waals surface area contributed by atoms with E-state index < -0.39 is 0 Å². The van der Waals surface area contributed by atoms with Crippen LogP contribution in [0.15, 0.2) is 24.3 Å². The fourth-order valence-electron chi connectivity index (χ4n) is 2.94. The summed E-state index contributed by atoms with van der Waals surface area (Å²) in [5, 5.41) is 0. The molecule has 0 radical (unpaired) electrons. The molecule has 4 nitrogen and oxygen atoms in total. The monoisotopic (exact) mass is 297 g/mol. The molecule has 0 bridgehead atoms. The highest BCUT2D eigenvalue weighted by atomic mass is 16.5. The molecule has 1 aromatic heterocycles. The average Bonchev–Trinajstić information content (AvgIpc) is 2.86. The second-order valence-electron chi connectivity index (χ2n) is 5.22. The van der Waals surface area contributed by atoms with Gasteiger partial charge in [-0.2, -0.15) is 0 Å². The van der Waals surface area contributed by atoms with Crippen LogP contribution in [0, 0.1) is 6.92 Å². The third-order valence-electron chi connectivity index (χ3n) is 3.84. The van der Waals surface area contributed by atoms with Crippen LogP contribution in [0.5, 0.6) is 5.75 Å². The van der Waals surface area contributed by atoms with Crippen molar-refractivity contribution in [1.29, 1.82) is 0 Å². The molecule has 0 unspecified atom stereocenters. The van der Waals surface area contributed by atoms with E-state index in [9.17, 15) is 4.79 Å². The predicted octanol–water partition coefficient (Wildman–Crippen LogP) is 3.54. The Morgan fingerprint density at radius 3 is 2.73 bits per heavy atom. The molecule has 0 spiro atoms. The highest BCUT2D eigenvalue weighted by molar-refractivity contribution is 5.96. The number of aromatic nitrogens is 1. The number of esters is 1. The summed E-state index contributed by atoms with van der Waals surface area (Å²) in [5.74, 6) is 0.259. The maximum atomic E-state index is 12.3. The molecule has 0 saturated heterocycles. The molecule has 1 aromatic carbocycles. The standard InChI is InChI=1S/C18H19NO3/c1-4-21-17-14-10-12-8-6-7-9-13(12)16(14)19-11(3)15(17)18(20)22-5-2/h6-9H,4-5,10H2,1-3H3. The summed E-state index contributed by atoms with van der Waals surface area (Å²) in [5.41, 5.74) is 5.34. The molecule has 114 valence electrons. The van der Waals surface area contributed by atoms with E-state index in [4.69, 9.17) is 9.47 Å². The van der Waals surface area contributed by atoms with Crippen LogP contribution in [0.4, 0.5) is 0 Å². The first-order chi connectivity index (χ1) is 10.7. The zero-order valence-corrected chi connectivity index (χ0v) is 13.1. The lowest BCUT2D eigenvalue weighted by Gasteiger charge is -2.15. The zero-order chi connectivity index (χ0) is 15.7. The van der Waals surface area contributed by atoms with Crippen molar-refractivity contribution < 1.29 is 14.3 Å². The van der Waals surface area contributed by atoms with Gasteiger partial charge >= 0.3 is 5.97 Å². The Kier molecular flexibility index (Phi) is 3.84. The normalized spacial score (nSPS) is 11.8. The number of pyridine rings is 1. The van der Waals surface area contributed by atoms with Crippen molar-refractivity contribution in [3.05, 3.63) is 46.6 Å². The Morgan fingerprint density at radius 1 is 1.23 bits per heavy atom. The van der Waals surface area contributed by atoms with Gasteiger partial charge in [0.25, 0.3) is 0 Å². The van der Waals surface area contributed by atoms with Gasteiger partial charge < -0.3 is 9.47 Å². The average molecular weight is 297 g/mol. The molecule has 1 heterocycles. The molecule has 2 aromatic rings. The number of aryl methyl sites for hydroxylation is 1. The fraction of sp³-hybridized carbons (Fsp3) is 0.333. The van der Waals surface area contributed by atoms with Gasteiger partial charge in [-0.15, -0.1) is 0 Å². The Labute approximate surface area is 130 Å². The maximum absolute atomic E-state index is 12.3.